The fraction of sp³-hybridized carbons (Fsp3) is 0. The minimum absolute atomic E-state index is 0.131. The van der Waals surface area contributed by atoms with E-state index in [4.69, 9.17) is 23.2 Å². The van der Waals surface area contributed by atoms with E-state index in [9.17, 15) is 14.5 Å². The lowest BCUT2D eigenvalue weighted by Crippen LogP contribution is -1.98. The van der Waals surface area contributed by atoms with Gasteiger partial charge >= 0.3 is 5.82 Å². The highest BCUT2D eigenvalue weighted by molar-refractivity contribution is 6.39. The van der Waals surface area contributed by atoms with Crippen LogP contribution in [0.5, 0.6) is 0 Å². The van der Waals surface area contributed by atoms with Crippen molar-refractivity contribution >= 4 is 39.9 Å². The molecular formula is C14H6Cl2FN3O2. The van der Waals surface area contributed by atoms with Crippen LogP contribution < -0.4 is 0 Å². The standard InChI is InChI=1S/C14H6Cl2FN3O2/c15-9-2-1-3-10(16)13(9)8-4-7-6-18-12(17)5-11(7)19-14(8)20(21)22/h1-6H. The van der Waals surface area contributed by atoms with Crippen molar-refractivity contribution in [2.24, 2.45) is 0 Å². The molecule has 110 valence electrons. The van der Waals surface area contributed by atoms with E-state index in [-0.39, 0.29) is 21.1 Å². The second kappa shape index (κ2) is 5.47. The van der Waals surface area contributed by atoms with Gasteiger partial charge in [0.1, 0.15) is 0 Å². The van der Waals surface area contributed by atoms with Crippen molar-refractivity contribution in [2.75, 3.05) is 0 Å². The van der Waals surface area contributed by atoms with Gasteiger partial charge in [0, 0.05) is 23.2 Å². The van der Waals surface area contributed by atoms with Crippen molar-refractivity contribution in [3.05, 3.63) is 62.6 Å². The molecule has 22 heavy (non-hydrogen) atoms. The van der Waals surface area contributed by atoms with Crippen LogP contribution in [0.25, 0.3) is 22.0 Å². The van der Waals surface area contributed by atoms with Gasteiger partial charge in [0.25, 0.3) is 0 Å². The molecule has 0 atom stereocenters. The highest BCUT2D eigenvalue weighted by Crippen LogP contribution is 2.39. The van der Waals surface area contributed by atoms with E-state index in [1.54, 1.807) is 18.2 Å². The predicted octanol–water partition coefficient (Wildman–Crippen LogP) is 4.65. The molecule has 0 aliphatic heterocycles. The van der Waals surface area contributed by atoms with Gasteiger partial charge in [-0.25, -0.2) is 4.98 Å². The summed E-state index contributed by atoms with van der Waals surface area (Å²) in [5, 5.41) is 12.2. The Hall–Kier alpha value is -2.31. The Morgan fingerprint density at radius 2 is 1.86 bits per heavy atom. The van der Waals surface area contributed by atoms with Crippen LogP contribution >= 0.6 is 23.2 Å². The van der Waals surface area contributed by atoms with Gasteiger partial charge in [-0.3, -0.25) is 0 Å². The number of aromatic nitrogens is 2. The van der Waals surface area contributed by atoms with E-state index in [1.807, 2.05) is 0 Å². The maximum atomic E-state index is 13.2. The molecule has 5 nitrogen and oxygen atoms in total. The van der Waals surface area contributed by atoms with Crippen LogP contribution in [0.2, 0.25) is 10.0 Å². The van der Waals surface area contributed by atoms with Gasteiger partial charge in [-0.15, -0.1) is 0 Å². The minimum Gasteiger partial charge on any atom is -0.358 e. The molecule has 0 bridgehead atoms. The van der Waals surface area contributed by atoms with Gasteiger partial charge in [-0.2, -0.15) is 4.39 Å². The first-order valence-electron chi connectivity index (χ1n) is 6.02. The lowest BCUT2D eigenvalue weighted by molar-refractivity contribution is -0.388. The van der Waals surface area contributed by atoms with Gasteiger partial charge < -0.3 is 10.1 Å². The second-order valence-electron chi connectivity index (χ2n) is 4.41. The highest BCUT2D eigenvalue weighted by atomic mass is 35.5. The van der Waals surface area contributed by atoms with Crippen molar-refractivity contribution in [3.63, 3.8) is 0 Å². The van der Waals surface area contributed by atoms with Crippen LogP contribution in [0, 0.1) is 16.1 Å². The van der Waals surface area contributed by atoms with E-state index in [2.05, 4.69) is 9.97 Å². The number of rotatable bonds is 2. The molecule has 0 amide bonds. The van der Waals surface area contributed by atoms with Crippen LogP contribution in [0.15, 0.2) is 36.5 Å². The summed E-state index contributed by atoms with van der Waals surface area (Å²) < 4.78 is 13.2. The zero-order valence-corrected chi connectivity index (χ0v) is 12.3. The molecule has 2 heterocycles. The predicted molar refractivity (Wildman–Crippen MR) is 81.6 cm³/mol. The molecule has 0 saturated carbocycles. The SMILES string of the molecule is O=[N+]([O-])c1nc2cc(F)ncc2cc1-c1c(Cl)cccc1Cl. The van der Waals surface area contributed by atoms with Gasteiger partial charge in [0.05, 0.1) is 15.6 Å². The third-order valence-corrected chi connectivity index (χ3v) is 3.68. The number of pyridine rings is 2. The third-order valence-electron chi connectivity index (χ3n) is 3.05. The van der Waals surface area contributed by atoms with Gasteiger partial charge in [-0.1, -0.05) is 29.3 Å². The molecule has 1 aromatic carbocycles. The Morgan fingerprint density at radius 1 is 1.18 bits per heavy atom. The summed E-state index contributed by atoms with van der Waals surface area (Å²) in [6, 6.07) is 7.27. The molecule has 0 aliphatic carbocycles. The fourth-order valence-electron chi connectivity index (χ4n) is 2.11. The summed E-state index contributed by atoms with van der Waals surface area (Å²) in [4.78, 5) is 18.1. The number of hydrogen-bond donors (Lipinski definition) is 0. The molecule has 0 radical (unpaired) electrons. The fourth-order valence-corrected chi connectivity index (χ4v) is 2.71. The normalized spacial score (nSPS) is 10.9. The smallest absolute Gasteiger partial charge is 0.358 e. The van der Waals surface area contributed by atoms with Gasteiger partial charge in [0.15, 0.2) is 5.52 Å². The summed E-state index contributed by atoms with van der Waals surface area (Å²) in [6.07, 6.45) is 1.25. The number of halogens is 3. The van der Waals surface area contributed by atoms with Crippen LogP contribution in [-0.4, -0.2) is 14.9 Å². The first kappa shape index (κ1) is 14.6. The molecule has 0 fully saturated rings. The molecule has 0 aliphatic rings. The zero-order chi connectivity index (χ0) is 15.9. The van der Waals surface area contributed by atoms with Crippen LogP contribution in [0.1, 0.15) is 0 Å². The maximum absolute atomic E-state index is 13.2. The lowest BCUT2D eigenvalue weighted by Gasteiger charge is -2.08. The van der Waals surface area contributed by atoms with E-state index >= 15 is 0 Å². The molecule has 0 spiro atoms. The first-order valence-corrected chi connectivity index (χ1v) is 6.78. The lowest BCUT2D eigenvalue weighted by atomic mass is 10.0. The summed E-state index contributed by atoms with van der Waals surface area (Å²) in [6.45, 7) is 0. The number of benzene rings is 1. The average Bonchev–Trinajstić information content (AvgIpc) is 2.46. The Morgan fingerprint density at radius 3 is 2.50 bits per heavy atom. The monoisotopic (exact) mass is 337 g/mol. The van der Waals surface area contributed by atoms with E-state index in [0.717, 1.165) is 6.07 Å². The Balaban J connectivity index is 2.39. The van der Waals surface area contributed by atoms with E-state index in [1.165, 1.54) is 12.3 Å². The number of hydrogen-bond acceptors (Lipinski definition) is 4. The Kier molecular flexibility index (Phi) is 3.64. The van der Waals surface area contributed by atoms with Crippen LogP contribution in [0.4, 0.5) is 10.2 Å². The van der Waals surface area contributed by atoms with Crippen molar-refractivity contribution in [3.8, 4) is 11.1 Å². The summed E-state index contributed by atoms with van der Waals surface area (Å²) in [7, 11) is 0. The summed E-state index contributed by atoms with van der Waals surface area (Å²) in [5.41, 5.74) is 0.587. The zero-order valence-electron chi connectivity index (χ0n) is 10.8. The molecule has 3 rings (SSSR count). The molecule has 0 N–H and O–H groups in total. The van der Waals surface area contributed by atoms with Crippen molar-refractivity contribution < 1.29 is 9.31 Å². The summed E-state index contributed by atoms with van der Waals surface area (Å²) >= 11 is 12.2. The van der Waals surface area contributed by atoms with E-state index in [0.29, 0.717) is 10.9 Å². The van der Waals surface area contributed by atoms with Gasteiger partial charge in [-0.05, 0) is 28.1 Å². The largest absolute Gasteiger partial charge is 0.372 e. The Labute approximate surface area is 133 Å². The number of nitro groups is 1. The van der Waals surface area contributed by atoms with Crippen LogP contribution in [-0.2, 0) is 0 Å². The Bertz CT molecular complexity index is 898. The van der Waals surface area contributed by atoms with E-state index < -0.39 is 16.7 Å². The molecule has 8 heteroatoms. The second-order valence-corrected chi connectivity index (χ2v) is 5.23. The third kappa shape index (κ3) is 2.47. The quantitative estimate of drug-likeness (QED) is 0.387. The molecule has 3 aromatic rings. The minimum atomic E-state index is -0.766. The van der Waals surface area contributed by atoms with Crippen molar-refractivity contribution in [1.82, 2.24) is 9.97 Å². The molecule has 2 aromatic heterocycles. The first-order chi connectivity index (χ1) is 10.5. The molecule has 0 unspecified atom stereocenters. The van der Waals surface area contributed by atoms with Crippen LogP contribution in [0.3, 0.4) is 0 Å². The highest BCUT2D eigenvalue weighted by Gasteiger charge is 2.23. The number of fused-ring (bicyclic) bond motifs is 1. The average molecular weight is 338 g/mol. The van der Waals surface area contributed by atoms with Crippen molar-refractivity contribution in [1.29, 1.82) is 0 Å². The number of nitrogens with zero attached hydrogens (tertiary/aromatic N) is 3. The van der Waals surface area contributed by atoms with Crippen molar-refractivity contribution in [2.45, 2.75) is 0 Å². The molecule has 0 saturated heterocycles. The maximum Gasteiger partial charge on any atom is 0.372 e. The summed E-state index contributed by atoms with van der Waals surface area (Å²) in [5.74, 6) is -1.22. The topological polar surface area (TPSA) is 68.9 Å². The molecular weight excluding hydrogens is 332 g/mol. The van der Waals surface area contributed by atoms with Gasteiger partial charge in [0.2, 0.25) is 5.95 Å².